The molecule has 2 rings (SSSR count). The van der Waals surface area contributed by atoms with Crippen LogP contribution in [0.15, 0.2) is 24.3 Å². The Labute approximate surface area is 124 Å². The Bertz CT molecular complexity index is 361. The topological polar surface area (TPSA) is 21.3 Å². The minimum absolute atomic E-state index is 0.365. The van der Waals surface area contributed by atoms with Gasteiger partial charge in [-0.3, -0.25) is 0 Å². The third-order valence-corrected chi connectivity index (χ3v) is 4.31. The Morgan fingerprint density at radius 2 is 2.00 bits per heavy atom. The van der Waals surface area contributed by atoms with Gasteiger partial charge in [0.05, 0.1) is 6.10 Å². The van der Waals surface area contributed by atoms with Crippen molar-refractivity contribution in [2.75, 3.05) is 13.7 Å². The lowest BCUT2D eigenvalue weighted by atomic mass is 9.98. The number of likely N-dealkylation sites (N-methyl/N-ethyl adjacent to an activating group) is 1. The number of benzene rings is 1. The Balaban J connectivity index is 2.02. The Kier molecular flexibility index (Phi) is 5.45. The number of methoxy groups -OCH3 is 1. The molecule has 0 bridgehead atoms. The maximum Gasteiger partial charge on any atom is 0.0755 e. The van der Waals surface area contributed by atoms with Gasteiger partial charge in [-0.05, 0) is 72.0 Å². The largest absolute Gasteiger partial charge is 0.380 e. The van der Waals surface area contributed by atoms with Crippen molar-refractivity contribution < 1.29 is 4.74 Å². The third-order valence-electron chi connectivity index (χ3n) is 3.59. The van der Waals surface area contributed by atoms with E-state index in [0.29, 0.717) is 12.1 Å². The minimum Gasteiger partial charge on any atom is -0.380 e. The first-order valence-electron chi connectivity index (χ1n) is 6.75. The third kappa shape index (κ3) is 3.93. The Morgan fingerprint density at radius 1 is 1.33 bits per heavy atom. The van der Waals surface area contributed by atoms with Crippen molar-refractivity contribution >= 4 is 22.6 Å². The molecule has 0 aromatic heterocycles. The summed E-state index contributed by atoms with van der Waals surface area (Å²) in [6, 6.07) is 9.25. The molecule has 100 valence electrons. The van der Waals surface area contributed by atoms with Crippen LogP contribution in [-0.2, 0) is 11.2 Å². The molecule has 0 aliphatic heterocycles. The van der Waals surface area contributed by atoms with E-state index in [0.717, 1.165) is 18.9 Å². The van der Waals surface area contributed by atoms with Gasteiger partial charge >= 0.3 is 0 Å². The molecule has 1 aliphatic rings. The van der Waals surface area contributed by atoms with Gasteiger partial charge in [0.2, 0.25) is 0 Å². The van der Waals surface area contributed by atoms with Crippen molar-refractivity contribution in [3.8, 4) is 0 Å². The molecule has 1 aliphatic carbocycles. The summed E-state index contributed by atoms with van der Waals surface area (Å²) in [6.45, 7) is 3.17. The zero-order chi connectivity index (χ0) is 13.0. The van der Waals surface area contributed by atoms with Crippen LogP contribution in [0, 0.1) is 9.49 Å². The maximum absolute atomic E-state index is 5.72. The van der Waals surface area contributed by atoms with Gasteiger partial charge in [-0.15, -0.1) is 0 Å². The fourth-order valence-corrected chi connectivity index (χ4v) is 2.91. The summed E-state index contributed by atoms with van der Waals surface area (Å²) in [6.07, 6.45) is 4.07. The van der Waals surface area contributed by atoms with Gasteiger partial charge in [-0.2, -0.15) is 0 Å². The molecule has 1 aromatic carbocycles. The highest BCUT2D eigenvalue weighted by molar-refractivity contribution is 14.1. The Morgan fingerprint density at radius 3 is 2.50 bits per heavy atom. The highest BCUT2D eigenvalue weighted by atomic mass is 127. The van der Waals surface area contributed by atoms with Crippen molar-refractivity contribution in [2.24, 2.45) is 5.92 Å². The fourth-order valence-electron chi connectivity index (χ4n) is 2.55. The number of ether oxygens (including phenoxy) is 1. The van der Waals surface area contributed by atoms with Crippen LogP contribution in [0.1, 0.15) is 25.3 Å². The number of rotatable bonds is 7. The van der Waals surface area contributed by atoms with Crippen molar-refractivity contribution in [1.82, 2.24) is 5.32 Å². The minimum atomic E-state index is 0.365. The molecule has 0 heterocycles. The molecule has 1 aromatic rings. The molecule has 18 heavy (non-hydrogen) atoms. The summed E-state index contributed by atoms with van der Waals surface area (Å²) >= 11 is 2.35. The highest BCUT2D eigenvalue weighted by Crippen LogP contribution is 2.36. The van der Waals surface area contributed by atoms with Gasteiger partial charge < -0.3 is 10.1 Å². The predicted molar refractivity (Wildman–Crippen MR) is 83.8 cm³/mol. The molecule has 1 saturated carbocycles. The standard InChI is InChI=1S/C15H22INO/c1-3-17-14(15(18-2)12-6-7-12)10-11-4-8-13(16)9-5-11/h4-5,8-9,12,14-15,17H,3,6-7,10H2,1-2H3. The van der Waals surface area contributed by atoms with Gasteiger partial charge in [0.15, 0.2) is 0 Å². The first-order chi connectivity index (χ1) is 8.74. The van der Waals surface area contributed by atoms with Crippen LogP contribution in [0.5, 0.6) is 0 Å². The van der Waals surface area contributed by atoms with Crippen LogP contribution in [0.2, 0.25) is 0 Å². The molecule has 2 unspecified atom stereocenters. The zero-order valence-electron chi connectivity index (χ0n) is 11.2. The first kappa shape index (κ1) is 14.3. The summed E-state index contributed by atoms with van der Waals surface area (Å²) in [4.78, 5) is 0. The molecule has 0 spiro atoms. The van der Waals surface area contributed by atoms with Crippen molar-refractivity contribution in [2.45, 2.75) is 38.3 Å². The molecule has 3 heteroatoms. The second-order valence-electron chi connectivity index (χ2n) is 5.03. The zero-order valence-corrected chi connectivity index (χ0v) is 13.3. The van der Waals surface area contributed by atoms with Gasteiger partial charge in [0.1, 0.15) is 0 Å². The van der Waals surface area contributed by atoms with E-state index in [-0.39, 0.29) is 0 Å². The molecule has 1 N–H and O–H groups in total. The second-order valence-corrected chi connectivity index (χ2v) is 6.28. The van der Waals surface area contributed by atoms with Gasteiger partial charge in [-0.1, -0.05) is 19.1 Å². The maximum atomic E-state index is 5.72. The van der Waals surface area contributed by atoms with Crippen LogP contribution < -0.4 is 5.32 Å². The average Bonchev–Trinajstić information content (AvgIpc) is 3.18. The summed E-state index contributed by atoms with van der Waals surface area (Å²) in [5, 5.41) is 3.59. The molecule has 2 nitrogen and oxygen atoms in total. The molecular formula is C15H22INO. The molecule has 0 radical (unpaired) electrons. The van der Waals surface area contributed by atoms with Crippen LogP contribution >= 0.6 is 22.6 Å². The predicted octanol–water partition coefficient (Wildman–Crippen LogP) is 3.24. The quantitative estimate of drug-likeness (QED) is 0.755. The second kappa shape index (κ2) is 6.87. The van der Waals surface area contributed by atoms with E-state index < -0.39 is 0 Å². The number of hydrogen-bond donors (Lipinski definition) is 1. The monoisotopic (exact) mass is 359 g/mol. The first-order valence-corrected chi connectivity index (χ1v) is 7.83. The van der Waals surface area contributed by atoms with E-state index in [2.05, 4.69) is 59.1 Å². The van der Waals surface area contributed by atoms with Crippen LogP contribution in [0.25, 0.3) is 0 Å². The molecule has 0 saturated heterocycles. The normalized spacial score (nSPS) is 18.6. The Hall–Kier alpha value is -0.130. The van der Waals surface area contributed by atoms with Crippen LogP contribution in [0.3, 0.4) is 0 Å². The van der Waals surface area contributed by atoms with E-state index in [4.69, 9.17) is 4.74 Å². The van der Waals surface area contributed by atoms with E-state index >= 15 is 0 Å². The van der Waals surface area contributed by atoms with E-state index in [1.165, 1.54) is 22.0 Å². The van der Waals surface area contributed by atoms with Crippen LogP contribution in [-0.4, -0.2) is 25.8 Å². The number of nitrogens with one attached hydrogen (secondary N) is 1. The fraction of sp³-hybridized carbons (Fsp3) is 0.600. The van der Waals surface area contributed by atoms with Crippen LogP contribution in [0.4, 0.5) is 0 Å². The van der Waals surface area contributed by atoms with Gasteiger partial charge in [0.25, 0.3) is 0 Å². The lowest BCUT2D eigenvalue weighted by molar-refractivity contribution is 0.0516. The van der Waals surface area contributed by atoms with E-state index in [1.54, 1.807) is 0 Å². The summed E-state index contributed by atoms with van der Waals surface area (Å²) in [7, 11) is 1.85. The van der Waals surface area contributed by atoms with Gasteiger partial charge in [-0.25, -0.2) is 0 Å². The highest BCUT2D eigenvalue weighted by Gasteiger charge is 2.36. The molecular weight excluding hydrogens is 337 g/mol. The van der Waals surface area contributed by atoms with E-state index in [9.17, 15) is 0 Å². The summed E-state index contributed by atoms with van der Waals surface area (Å²) in [5.74, 6) is 0.767. The van der Waals surface area contributed by atoms with Crippen molar-refractivity contribution in [1.29, 1.82) is 0 Å². The number of halogens is 1. The van der Waals surface area contributed by atoms with Crippen molar-refractivity contribution in [3.63, 3.8) is 0 Å². The summed E-state index contributed by atoms with van der Waals surface area (Å²) < 4.78 is 7.01. The SMILES string of the molecule is CCNC(Cc1ccc(I)cc1)C(OC)C1CC1. The molecule has 1 fully saturated rings. The summed E-state index contributed by atoms with van der Waals surface area (Å²) in [5.41, 5.74) is 1.39. The smallest absolute Gasteiger partial charge is 0.0755 e. The van der Waals surface area contributed by atoms with Crippen molar-refractivity contribution in [3.05, 3.63) is 33.4 Å². The number of hydrogen-bond acceptors (Lipinski definition) is 2. The molecule has 2 atom stereocenters. The average molecular weight is 359 g/mol. The lowest BCUT2D eigenvalue weighted by Gasteiger charge is -2.27. The van der Waals surface area contributed by atoms with Gasteiger partial charge in [0, 0.05) is 16.7 Å². The molecule has 0 amide bonds. The lowest BCUT2D eigenvalue weighted by Crippen LogP contribution is -2.43. The van der Waals surface area contributed by atoms with E-state index in [1.807, 2.05) is 7.11 Å².